The summed E-state index contributed by atoms with van der Waals surface area (Å²) in [5.41, 5.74) is 17.7. The van der Waals surface area contributed by atoms with E-state index in [0.717, 1.165) is 56.4 Å². The number of benzene rings is 8. The second-order valence-electron chi connectivity index (χ2n) is 16.0. The number of pyridine rings is 1. The summed E-state index contributed by atoms with van der Waals surface area (Å²) in [5, 5.41) is 3.59. The fourth-order valence-electron chi connectivity index (χ4n) is 9.78. The maximum Gasteiger partial charge on any atom is 0.169 e. The predicted molar refractivity (Wildman–Crippen MR) is 252 cm³/mol. The Morgan fingerprint density at radius 1 is 0.403 bits per heavy atom. The second-order valence-corrected chi connectivity index (χ2v) is 16.0. The number of nitrogens with one attached hydrogen (secondary N) is 1. The van der Waals surface area contributed by atoms with Gasteiger partial charge in [-0.3, -0.25) is 4.98 Å². The van der Waals surface area contributed by atoms with Crippen LogP contribution in [0.4, 0.5) is 17.1 Å². The van der Waals surface area contributed by atoms with Crippen LogP contribution < -0.4 is 10.2 Å². The van der Waals surface area contributed by atoms with Crippen molar-refractivity contribution in [1.82, 2.24) is 10.3 Å². The molecule has 8 aromatic carbocycles. The Balaban J connectivity index is 0.948. The van der Waals surface area contributed by atoms with Crippen LogP contribution in [0, 0.1) is 0 Å². The number of anilines is 3. The number of para-hydroxylation sites is 3. The van der Waals surface area contributed by atoms with Crippen molar-refractivity contribution >= 4 is 28.7 Å². The van der Waals surface area contributed by atoms with Crippen LogP contribution in [0.2, 0.25) is 0 Å². The first kappa shape index (κ1) is 35.8. The lowest BCUT2D eigenvalue weighted by atomic mass is 9.64. The molecule has 0 amide bonds. The Morgan fingerprint density at radius 2 is 0.887 bits per heavy atom. The topological polar surface area (TPSA) is 52.9 Å². The first-order valence-electron chi connectivity index (χ1n) is 21.1. The average Bonchev–Trinajstić information content (AvgIpc) is 3.65. The van der Waals surface area contributed by atoms with Gasteiger partial charge in [-0.25, -0.2) is 9.98 Å². The van der Waals surface area contributed by atoms with Crippen molar-refractivity contribution in [3.8, 4) is 33.5 Å². The summed E-state index contributed by atoms with van der Waals surface area (Å²) in [5.74, 6) is 1.59. The summed E-state index contributed by atoms with van der Waals surface area (Å²) in [6.07, 6.45) is 1.53. The average molecular weight is 794 g/mol. The number of aliphatic imine (C=N–C) groups is 2. The van der Waals surface area contributed by atoms with Crippen molar-refractivity contribution < 1.29 is 0 Å². The summed E-state index contributed by atoms with van der Waals surface area (Å²) < 4.78 is 0. The Kier molecular flexibility index (Phi) is 8.39. The van der Waals surface area contributed by atoms with Crippen molar-refractivity contribution in [2.45, 2.75) is 11.6 Å². The van der Waals surface area contributed by atoms with E-state index in [4.69, 9.17) is 15.0 Å². The number of rotatable bonds is 6. The first-order chi connectivity index (χ1) is 30.7. The zero-order valence-corrected chi connectivity index (χ0v) is 33.7. The van der Waals surface area contributed by atoms with Crippen molar-refractivity contribution in [3.63, 3.8) is 0 Å². The molecule has 3 aliphatic rings. The fraction of sp³-hybridized carbons (Fsp3) is 0.0351. The molecule has 2 aliphatic heterocycles. The van der Waals surface area contributed by atoms with E-state index >= 15 is 0 Å². The predicted octanol–water partition coefficient (Wildman–Crippen LogP) is 13.1. The molecular weight excluding hydrogens is 755 g/mol. The molecule has 0 saturated carbocycles. The van der Waals surface area contributed by atoms with E-state index in [9.17, 15) is 0 Å². The lowest BCUT2D eigenvalue weighted by molar-refractivity contribution is 0.751. The summed E-state index contributed by atoms with van der Waals surface area (Å²) in [4.78, 5) is 17.8. The molecule has 1 aliphatic carbocycles. The molecule has 0 radical (unpaired) electrons. The quantitative estimate of drug-likeness (QED) is 0.182. The monoisotopic (exact) mass is 793 g/mol. The zero-order valence-electron chi connectivity index (χ0n) is 33.7. The van der Waals surface area contributed by atoms with Crippen LogP contribution in [0.5, 0.6) is 0 Å². The molecule has 5 heteroatoms. The molecule has 5 nitrogen and oxygen atoms in total. The minimum absolute atomic E-state index is 0.395. The van der Waals surface area contributed by atoms with Gasteiger partial charge in [0.15, 0.2) is 6.17 Å². The highest BCUT2D eigenvalue weighted by atomic mass is 15.2. The normalized spacial score (nSPS) is 15.4. The first-order valence-corrected chi connectivity index (χ1v) is 21.1. The van der Waals surface area contributed by atoms with Gasteiger partial charge in [-0.05, 0) is 86.5 Å². The van der Waals surface area contributed by atoms with Gasteiger partial charge in [-0.1, -0.05) is 182 Å². The number of hydrogen-bond acceptors (Lipinski definition) is 5. The van der Waals surface area contributed by atoms with Gasteiger partial charge < -0.3 is 10.2 Å². The van der Waals surface area contributed by atoms with Crippen molar-refractivity contribution in [1.29, 1.82) is 0 Å². The minimum Gasteiger partial charge on any atom is -0.324 e. The SMILES string of the molecule is c1ccc(C2=NC(c3ccc(-c4ccccc4)cc3)N=C(c3ccc(-c4ccc5c(c4)C4(c6ccccc6N(c6ccccc6)c6ccccc64)c4cccnc4-5)cc3)N2)cc1. The highest BCUT2D eigenvalue weighted by Gasteiger charge is 2.52. The van der Waals surface area contributed by atoms with Crippen molar-refractivity contribution in [3.05, 3.63) is 264 Å². The molecule has 292 valence electrons. The molecule has 1 N–H and O–H groups in total. The molecule has 0 bridgehead atoms. The molecule has 62 heavy (non-hydrogen) atoms. The van der Waals surface area contributed by atoms with Gasteiger partial charge >= 0.3 is 0 Å². The smallest absolute Gasteiger partial charge is 0.169 e. The van der Waals surface area contributed by atoms with Crippen LogP contribution in [0.15, 0.2) is 235 Å². The van der Waals surface area contributed by atoms with E-state index in [1.54, 1.807) is 0 Å². The summed E-state index contributed by atoms with van der Waals surface area (Å²) in [7, 11) is 0. The third kappa shape index (κ3) is 5.66. The van der Waals surface area contributed by atoms with Crippen LogP contribution in [0.25, 0.3) is 33.5 Å². The van der Waals surface area contributed by atoms with E-state index in [1.807, 2.05) is 30.5 Å². The Morgan fingerprint density at radius 3 is 1.55 bits per heavy atom. The lowest BCUT2D eigenvalue weighted by Crippen LogP contribution is -2.36. The number of fused-ring (bicyclic) bond motifs is 9. The molecule has 9 aromatic rings. The van der Waals surface area contributed by atoms with E-state index in [1.165, 1.54) is 44.8 Å². The van der Waals surface area contributed by atoms with E-state index in [2.05, 4.69) is 204 Å². The Bertz CT molecular complexity index is 3150. The lowest BCUT2D eigenvalue weighted by Gasteiger charge is -2.45. The van der Waals surface area contributed by atoms with Gasteiger partial charge in [-0.15, -0.1) is 0 Å². The largest absolute Gasteiger partial charge is 0.324 e. The molecule has 0 saturated heterocycles. The maximum atomic E-state index is 5.21. The van der Waals surface area contributed by atoms with Gasteiger partial charge in [0, 0.05) is 28.6 Å². The third-order valence-electron chi connectivity index (χ3n) is 12.6. The molecule has 1 atom stereocenters. The van der Waals surface area contributed by atoms with Crippen molar-refractivity contribution in [2.75, 3.05) is 4.90 Å². The molecule has 1 spiro atoms. The maximum absolute atomic E-state index is 5.21. The summed E-state index contributed by atoms with van der Waals surface area (Å²) in [6.45, 7) is 0. The molecule has 1 aromatic heterocycles. The highest BCUT2D eigenvalue weighted by molar-refractivity contribution is 6.16. The molecule has 3 heterocycles. The summed E-state index contributed by atoms with van der Waals surface area (Å²) >= 11 is 0. The number of nitrogens with zero attached hydrogens (tertiary/aromatic N) is 4. The van der Waals surface area contributed by atoms with E-state index < -0.39 is 11.6 Å². The second kappa shape index (κ2) is 14.5. The number of amidine groups is 2. The molecular formula is C57H39N5. The third-order valence-corrected chi connectivity index (χ3v) is 12.6. The molecule has 1 unspecified atom stereocenters. The van der Waals surface area contributed by atoms with Gasteiger partial charge in [-0.2, -0.15) is 0 Å². The zero-order chi connectivity index (χ0) is 41.0. The standard InChI is InChI=1S/C57H39N5/c1-4-15-38(16-5-1)39-26-30-42(31-27-39)55-59-54(41-17-6-2-7-18-41)60-56(61-55)43-32-28-40(29-33-43)44-34-35-46-50(37-44)57(49-23-14-36-58-53(46)49)47-21-10-12-24-51(47)62(45-19-8-3-9-20-45)52-25-13-11-22-48(52)57/h1-37,55H,(H,59,60,61). The Labute approximate surface area is 361 Å². The molecule has 0 fully saturated rings. The van der Waals surface area contributed by atoms with E-state index in [-0.39, 0.29) is 0 Å². The van der Waals surface area contributed by atoms with Gasteiger partial charge in [0.05, 0.1) is 22.5 Å². The van der Waals surface area contributed by atoms with Crippen LogP contribution in [0.3, 0.4) is 0 Å². The van der Waals surface area contributed by atoms with Gasteiger partial charge in [0.2, 0.25) is 0 Å². The van der Waals surface area contributed by atoms with Crippen molar-refractivity contribution in [2.24, 2.45) is 9.98 Å². The van der Waals surface area contributed by atoms with Crippen LogP contribution in [-0.2, 0) is 5.41 Å². The minimum atomic E-state index is -0.574. The number of aromatic nitrogens is 1. The van der Waals surface area contributed by atoms with Crippen LogP contribution in [-0.4, -0.2) is 16.7 Å². The number of hydrogen-bond donors (Lipinski definition) is 1. The Hall–Kier alpha value is -8.15. The van der Waals surface area contributed by atoms with Gasteiger partial charge in [0.25, 0.3) is 0 Å². The fourth-order valence-corrected chi connectivity index (χ4v) is 9.78. The van der Waals surface area contributed by atoms with Crippen LogP contribution >= 0.6 is 0 Å². The van der Waals surface area contributed by atoms with E-state index in [0.29, 0.717) is 0 Å². The van der Waals surface area contributed by atoms with Crippen LogP contribution in [0.1, 0.15) is 45.1 Å². The summed E-state index contributed by atoms with van der Waals surface area (Å²) in [6, 6.07) is 77.9. The van der Waals surface area contributed by atoms with Gasteiger partial charge in [0.1, 0.15) is 11.7 Å². The molecule has 12 rings (SSSR count). The highest BCUT2D eigenvalue weighted by Crippen LogP contribution is 2.63.